The van der Waals surface area contributed by atoms with Crippen molar-refractivity contribution in [2.24, 2.45) is 0 Å². The van der Waals surface area contributed by atoms with Crippen LogP contribution in [0.4, 0.5) is 0 Å². The molecule has 0 spiro atoms. The van der Waals surface area contributed by atoms with E-state index in [-0.39, 0.29) is 15.9 Å². The quantitative estimate of drug-likeness (QED) is 0.826. The van der Waals surface area contributed by atoms with Crippen LogP contribution in [-0.4, -0.2) is 28.6 Å². The highest BCUT2D eigenvalue weighted by Crippen LogP contribution is 2.20. The highest BCUT2D eigenvalue weighted by molar-refractivity contribution is 7.90. The molecule has 0 aromatic carbocycles. The molecule has 2 aromatic heterocycles. The highest BCUT2D eigenvalue weighted by atomic mass is 35.5. The van der Waals surface area contributed by atoms with Crippen molar-refractivity contribution in [2.75, 3.05) is 0 Å². The summed E-state index contributed by atoms with van der Waals surface area (Å²) >= 11 is 5.74. The number of aromatic amines is 2. The van der Waals surface area contributed by atoms with Crippen molar-refractivity contribution in [3.63, 3.8) is 0 Å². The highest BCUT2D eigenvalue weighted by Gasteiger charge is 2.21. The molecular weight excluding hydrogens is 268 g/mol. The van der Waals surface area contributed by atoms with Gasteiger partial charge in [0.25, 0.3) is 0 Å². The predicted molar refractivity (Wildman–Crippen MR) is 59.3 cm³/mol. The van der Waals surface area contributed by atoms with Gasteiger partial charge in [0, 0.05) is 6.20 Å². The maximum Gasteiger partial charge on any atom is 0.340 e. The van der Waals surface area contributed by atoms with Crippen LogP contribution in [0, 0.1) is 0 Å². The second kappa shape index (κ2) is 4.30. The molecule has 7 nitrogen and oxygen atoms in total. The normalized spacial score (nSPS) is 11.6. The van der Waals surface area contributed by atoms with Crippen LogP contribution < -0.4 is 5.69 Å². The second-order valence-corrected chi connectivity index (χ2v) is 5.49. The first-order valence-corrected chi connectivity index (χ1v) is 6.49. The molecule has 0 unspecified atom stereocenters. The van der Waals surface area contributed by atoms with Gasteiger partial charge in [-0.2, -0.15) is 5.10 Å². The zero-order valence-corrected chi connectivity index (χ0v) is 9.92. The van der Waals surface area contributed by atoms with E-state index < -0.39 is 21.3 Å². The van der Waals surface area contributed by atoms with Gasteiger partial charge in [-0.25, -0.2) is 23.3 Å². The van der Waals surface area contributed by atoms with E-state index in [0.717, 1.165) is 0 Å². The van der Waals surface area contributed by atoms with Gasteiger partial charge < -0.3 is 0 Å². The molecule has 0 atom stereocenters. The number of hydrogen-bond donors (Lipinski definition) is 2. The number of H-pyrrole nitrogens is 2. The Morgan fingerprint density at radius 2 is 2.18 bits per heavy atom. The van der Waals surface area contributed by atoms with Crippen LogP contribution in [0.5, 0.6) is 0 Å². The zero-order chi connectivity index (χ0) is 12.5. The number of hydrogen-bond acceptors (Lipinski definition) is 5. The van der Waals surface area contributed by atoms with Gasteiger partial charge in [0.15, 0.2) is 5.03 Å². The number of pyridine rings is 1. The third kappa shape index (κ3) is 2.53. The van der Waals surface area contributed by atoms with Crippen LogP contribution in [0.1, 0.15) is 5.82 Å². The molecule has 90 valence electrons. The number of rotatable bonds is 3. The molecule has 17 heavy (non-hydrogen) atoms. The molecule has 0 aliphatic rings. The van der Waals surface area contributed by atoms with Crippen molar-refractivity contribution in [1.29, 1.82) is 0 Å². The van der Waals surface area contributed by atoms with Crippen LogP contribution in [0.2, 0.25) is 5.02 Å². The monoisotopic (exact) mass is 274 g/mol. The standard InChI is InChI=1S/C8H7ClN4O3S/c9-5-2-1-3-10-7(5)17(15,16)4-6-11-8(14)13-12-6/h1-3H,4H2,(H2,11,12,13,14). The third-order valence-electron chi connectivity index (χ3n) is 1.90. The first kappa shape index (κ1) is 11.8. The molecule has 0 bridgehead atoms. The fourth-order valence-corrected chi connectivity index (χ4v) is 2.92. The minimum Gasteiger partial charge on any atom is -0.292 e. The van der Waals surface area contributed by atoms with E-state index in [1.807, 2.05) is 0 Å². The lowest BCUT2D eigenvalue weighted by Crippen LogP contribution is -2.09. The van der Waals surface area contributed by atoms with Gasteiger partial charge in [-0.3, -0.25) is 4.98 Å². The van der Waals surface area contributed by atoms with Crippen LogP contribution in [0.25, 0.3) is 0 Å². The van der Waals surface area contributed by atoms with E-state index >= 15 is 0 Å². The zero-order valence-electron chi connectivity index (χ0n) is 8.34. The Morgan fingerprint density at radius 3 is 2.76 bits per heavy atom. The SMILES string of the molecule is O=c1[nH]nc(CS(=O)(=O)c2ncccc2Cl)[nH]1. The van der Waals surface area contributed by atoms with Crippen molar-refractivity contribution >= 4 is 21.4 Å². The minimum absolute atomic E-state index is 0.0109. The molecule has 0 saturated heterocycles. The van der Waals surface area contributed by atoms with Gasteiger partial charge in [0.2, 0.25) is 9.84 Å². The molecule has 9 heteroatoms. The summed E-state index contributed by atoms with van der Waals surface area (Å²) in [4.78, 5) is 16.7. The number of nitrogens with one attached hydrogen (secondary N) is 2. The van der Waals surface area contributed by atoms with Crippen LogP contribution in [-0.2, 0) is 15.6 Å². The fraction of sp³-hybridized carbons (Fsp3) is 0.125. The summed E-state index contributed by atoms with van der Waals surface area (Å²) < 4.78 is 23.8. The lowest BCUT2D eigenvalue weighted by atomic mass is 10.5. The molecule has 2 rings (SSSR count). The van der Waals surface area contributed by atoms with Crippen molar-refractivity contribution in [1.82, 2.24) is 20.2 Å². The summed E-state index contributed by atoms with van der Waals surface area (Å²) in [6.07, 6.45) is 1.33. The Hall–Kier alpha value is -1.67. The van der Waals surface area contributed by atoms with Crippen LogP contribution in [0.3, 0.4) is 0 Å². The lowest BCUT2D eigenvalue weighted by molar-refractivity contribution is 0.590. The first-order chi connectivity index (χ1) is 7.99. The molecule has 2 heterocycles. The molecule has 0 amide bonds. The average Bonchev–Trinajstić information content (AvgIpc) is 2.63. The second-order valence-electron chi connectivity index (χ2n) is 3.17. The molecule has 0 aliphatic heterocycles. The molecule has 2 aromatic rings. The van der Waals surface area contributed by atoms with E-state index in [2.05, 4.69) is 20.2 Å². The molecule has 0 aliphatic carbocycles. The van der Waals surface area contributed by atoms with E-state index in [1.165, 1.54) is 18.3 Å². The molecule has 0 saturated carbocycles. The predicted octanol–water partition coefficient (Wildman–Crippen LogP) is 0.120. The minimum atomic E-state index is -3.73. The molecule has 0 fully saturated rings. The molecular formula is C8H7ClN4O3S. The van der Waals surface area contributed by atoms with E-state index in [4.69, 9.17) is 11.6 Å². The van der Waals surface area contributed by atoms with Gasteiger partial charge in [0.1, 0.15) is 11.6 Å². The Labute approximate surface area is 101 Å². The Balaban J connectivity index is 2.38. The number of nitrogens with zero attached hydrogens (tertiary/aromatic N) is 2. The number of aromatic nitrogens is 4. The number of halogens is 1. The summed E-state index contributed by atoms with van der Waals surface area (Å²) in [6, 6.07) is 2.95. The Kier molecular flexibility index (Phi) is 2.99. The van der Waals surface area contributed by atoms with Gasteiger partial charge in [-0.1, -0.05) is 11.6 Å². The van der Waals surface area contributed by atoms with Gasteiger partial charge in [-0.15, -0.1) is 0 Å². The first-order valence-electron chi connectivity index (χ1n) is 4.46. The maximum absolute atomic E-state index is 11.9. The largest absolute Gasteiger partial charge is 0.340 e. The van der Waals surface area contributed by atoms with Crippen molar-refractivity contribution in [3.05, 3.63) is 39.7 Å². The number of sulfone groups is 1. The van der Waals surface area contributed by atoms with Gasteiger partial charge in [-0.05, 0) is 12.1 Å². The Bertz CT molecular complexity index is 691. The summed E-state index contributed by atoms with van der Waals surface area (Å²) in [5, 5.41) is 5.39. The fourth-order valence-electron chi connectivity index (χ4n) is 1.22. The van der Waals surface area contributed by atoms with Crippen molar-refractivity contribution < 1.29 is 8.42 Å². The van der Waals surface area contributed by atoms with Crippen LogP contribution in [0.15, 0.2) is 28.2 Å². The summed E-state index contributed by atoms with van der Waals surface area (Å²) in [6.45, 7) is 0. The topological polar surface area (TPSA) is 109 Å². The maximum atomic E-state index is 11.9. The van der Waals surface area contributed by atoms with Gasteiger partial charge in [0.05, 0.1) is 5.02 Å². The van der Waals surface area contributed by atoms with Crippen molar-refractivity contribution in [2.45, 2.75) is 10.8 Å². The summed E-state index contributed by atoms with van der Waals surface area (Å²) in [5.74, 6) is -0.459. The average molecular weight is 275 g/mol. The van der Waals surface area contributed by atoms with Gasteiger partial charge >= 0.3 is 5.69 Å². The molecule has 2 N–H and O–H groups in total. The van der Waals surface area contributed by atoms with E-state index in [0.29, 0.717) is 0 Å². The third-order valence-corrected chi connectivity index (χ3v) is 3.88. The molecule has 0 radical (unpaired) electrons. The lowest BCUT2D eigenvalue weighted by Gasteiger charge is -2.02. The van der Waals surface area contributed by atoms with E-state index in [1.54, 1.807) is 0 Å². The van der Waals surface area contributed by atoms with Crippen molar-refractivity contribution in [3.8, 4) is 0 Å². The smallest absolute Gasteiger partial charge is 0.292 e. The summed E-state index contributed by atoms with van der Waals surface area (Å²) in [5.41, 5.74) is -0.567. The van der Waals surface area contributed by atoms with E-state index in [9.17, 15) is 13.2 Å². The summed E-state index contributed by atoms with van der Waals surface area (Å²) in [7, 11) is -3.73. The van der Waals surface area contributed by atoms with Crippen LogP contribution >= 0.6 is 11.6 Å². The Morgan fingerprint density at radius 1 is 1.41 bits per heavy atom.